The normalized spacial score (nSPS) is 19.3. The molecule has 0 spiro atoms. The van der Waals surface area contributed by atoms with Crippen LogP contribution < -0.4 is 4.74 Å². The Balaban J connectivity index is 2.00. The molecule has 0 bridgehead atoms. The second kappa shape index (κ2) is 6.85. The maximum atomic E-state index is 12.4. The first kappa shape index (κ1) is 15.7. The minimum Gasteiger partial charge on any atom is -0.497 e. The van der Waals surface area contributed by atoms with Gasteiger partial charge in [-0.15, -0.1) is 11.8 Å². The van der Waals surface area contributed by atoms with Crippen LogP contribution in [0.2, 0.25) is 0 Å². The molecule has 114 valence electrons. The van der Waals surface area contributed by atoms with Gasteiger partial charge < -0.3 is 14.7 Å². The Labute approximate surface area is 128 Å². The van der Waals surface area contributed by atoms with Crippen molar-refractivity contribution < 1.29 is 19.4 Å². The fourth-order valence-electron chi connectivity index (χ4n) is 2.43. The van der Waals surface area contributed by atoms with Crippen molar-refractivity contribution in [2.45, 2.75) is 36.0 Å². The van der Waals surface area contributed by atoms with E-state index in [0.717, 1.165) is 17.1 Å². The molecule has 21 heavy (non-hydrogen) atoms. The molecule has 0 aliphatic carbocycles. The van der Waals surface area contributed by atoms with E-state index < -0.39 is 12.0 Å². The molecule has 1 aliphatic rings. The van der Waals surface area contributed by atoms with Gasteiger partial charge in [0.2, 0.25) is 5.91 Å². The van der Waals surface area contributed by atoms with Gasteiger partial charge in [-0.1, -0.05) is 0 Å². The van der Waals surface area contributed by atoms with Crippen LogP contribution in [0.1, 0.15) is 19.8 Å². The highest BCUT2D eigenvalue weighted by Gasteiger charge is 2.35. The van der Waals surface area contributed by atoms with E-state index in [1.165, 1.54) is 16.7 Å². The number of nitrogens with zero attached hydrogens (tertiary/aromatic N) is 1. The lowest BCUT2D eigenvalue weighted by molar-refractivity contribution is -0.147. The number of likely N-dealkylation sites (tertiary alicyclic amines) is 1. The zero-order chi connectivity index (χ0) is 15.4. The van der Waals surface area contributed by atoms with E-state index in [0.29, 0.717) is 13.0 Å². The smallest absolute Gasteiger partial charge is 0.326 e. The summed E-state index contributed by atoms with van der Waals surface area (Å²) in [6.45, 7) is 2.35. The van der Waals surface area contributed by atoms with E-state index >= 15 is 0 Å². The molecule has 0 radical (unpaired) electrons. The molecular weight excluding hydrogens is 290 g/mol. The number of carboxylic acid groups (broad SMARTS) is 1. The fraction of sp³-hybridized carbons (Fsp3) is 0.467. The fourth-order valence-corrected chi connectivity index (χ4v) is 3.37. The van der Waals surface area contributed by atoms with E-state index in [4.69, 9.17) is 9.84 Å². The van der Waals surface area contributed by atoms with Gasteiger partial charge >= 0.3 is 5.97 Å². The predicted molar refractivity (Wildman–Crippen MR) is 80.7 cm³/mol. The SMILES string of the molecule is COc1ccc(SC(C)C(=O)N2CCC[C@@H]2C(=O)O)cc1. The molecule has 1 aromatic rings. The molecule has 1 aromatic carbocycles. The van der Waals surface area contributed by atoms with Crippen molar-refractivity contribution >= 4 is 23.6 Å². The monoisotopic (exact) mass is 309 g/mol. The van der Waals surface area contributed by atoms with Crippen LogP contribution in [-0.4, -0.2) is 46.8 Å². The van der Waals surface area contributed by atoms with Crippen LogP contribution in [0.25, 0.3) is 0 Å². The highest BCUT2D eigenvalue weighted by molar-refractivity contribution is 8.00. The summed E-state index contributed by atoms with van der Waals surface area (Å²) >= 11 is 1.43. The summed E-state index contributed by atoms with van der Waals surface area (Å²) in [5.74, 6) is -0.257. The zero-order valence-corrected chi connectivity index (χ0v) is 12.9. The number of carboxylic acids is 1. The number of aliphatic carboxylic acids is 1. The lowest BCUT2D eigenvalue weighted by atomic mass is 10.2. The van der Waals surface area contributed by atoms with Crippen molar-refractivity contribution in [3.63, 3.8) is 0 Å². The van der Waals surface area contributed by atoms with Gasteiger partial charge in [-0.3, -0.25) is 4.79 Å². The van der Waals surface area contributed by atoms with Gasteiger partial charge in [0.25, 0.3) is 0 Å². The van der Waals surface area contributed by atoms with E-state index in [2.05, 4.69) is 0 Å². The van der Waals surface area contributed by atoms with Crippen LogP contribution in [0.15, 0.2) is 29.2 Å². The van der Waals surface area contributed by atoms with Crippen LogP contribution in [0, 0.1) is 0 Å². The predicted octanol–water partition coefficient (Wildman–Crippen LogP) is 2.25. The van der Waals surface area contributed by atoms with Crippen molar-refractivity contribution in [3.05, 3.63) is 24.3 Å². The number of hydrogen-bond acceptors (Lipinski definition) is 4. The van der Waals surface area contributed by atoms with Crippen LogP contribution in [0.5, 0.6) is 5.75 Å². The van der Waals surface area contributed by atoms with Gasteiger partial charge in [-0.05, 0) is 44.0 Å². The topological polar surface area (TPSA) is 66.8 Å². The molecule has 1 amide bonds. The Kier molecular flexibility index (Phi) is 5.12. The quantitative estimate of drug-likeness (QED) is 0.845. The first-order valence-corrected chi connectivity index (χ1v) is 7.75. The van der Waals surface area contributed by atoms with Gasteiger partial charge in [-0.2, -0.15) is 0 Å². The zero-order valence-electron chi connectivity index (χ0n) is 12.1. The molecule has 1 fully saturated rings. The van der Waals surface area contributed by atoms with Gasteiger partial charge in [0.1, 0.15) is 11.8 Å². The Morgan fingerprint density at radius 2 is 2.05 bits per heavy atom. The number of thioether (sulfide) groups is 1. The molecule has 5 nitrogen and oxygen atoms in total. The summed E-state index contributed by atoms with van der Waals surface area (Å²) in [5, 5.41) is 8.84. The van der Waals surface area contributed by atoms with Crippen LogP contribution in [0.3, 0.4) is 0 Å². The van der Waals surface area contributed by atoms with E-state index in [-0.39, 0.29) is 11.2 Å². The molecule has 1 heterocycles. The maximum Gasteiger partial charge on any atom is 0.326 e. The molecule has 1 N–H and O–H groups in total. The Morgan fingerprint density at radius 3 is 2.62 bits per heavy atom. The van der Waals surface area contributed by atoms with E-state index in [9.17, 15) is 9.59 Å². The van der Waals surface area contributed by atoms with Crippen LogP contribution >= 0.6 is 11.8 Å². The lowest BCUT2D eigenvalue weighted by Gasteiger charge is -2.24. The molecule has 1 saturated heterocycles. The largest absolute Gasteiger partial charge is 0.497 e. The molecule has 1 aliphatic heterocycles. The first-order valence-electron chi connectivity index (χ1n) is 6.87. The van der Waals surface area contributed by atoms with Crippen LogP contribution in [-0.2, 0) is 9.59 Å². The molecule has 2 rings (SSSR count). The highest BCUT2D eigenvalue weighted by Crippen LogP contribution is 2.28. The average molecular weight is 309 g/mol. The molecule has 2 atom stereocenters. The first-order chi connectivity index (χ1) is 10.0. The summed E-state index contributed by atoms with van der Waals surface area (Å²) in [6.07, 6.45) is 1.30. The van der Waals surface area contributed by atoms with Crippen molar-refractivity contribution in [2.24, 2.45) is 0 Å². The van der Waals surface area contributed by atoms with E-state index in [1.54, 1.807) is 7.11 Å². The number of hydrogen-bond donors (Lipinski definition) is 1. The molecular formula is C15H19NO4S. The number of rotatable bonds is 5. The third kappa shape index (κ3) is 3.69. The van der Waals surface area contributed by atoms with Crippen molar-refractivity contribution in [1.29, 1.82) is 0 Å². The number of amides is 1. The third-order valence-corrected chi connectivity index (χ3v) is 4.64. The number of methoxy groups -OCH3 is 1. The lowest BCUT2D eigenvalue weighted by Crippen LogP contribution is -2.43. The number of carbonyl (C=O) groups is 2. The van der Waals surface area contributed by atoms with Gasteiger partial charge in [-0.25, -0.2) is 4.79 Å². The molecule has 0 saturated carbocycles. The second-order valence-electron chi connectivity index (χ2n) is 4.96. The van der Waals surface area contributed by atoms with Crippen molar-refractivity contribution in [3.8, 4) is 5.75 Å². The standard InChI is InChI=1S/C15H19NO4S/c1-10(21-12-7-5-11(20-2)6-8-12)14(17)16-9-3-4-13(16)15(18)19/h5-8,10,13H,3-4,9H2,1-2H3,(H,18,19)/t10?,13-/m1/s1. The molecule has 6 heteroatoms. The van der Waals surface area contributed by atoms with Crippen LogP contribution in [0.4, 0.5) is 0 Å². The summed E-state index contributed by atoms with van der Waals surface area (Å²) in [5.41, 5.74) is 0. The molecule has 0 aromatic heterocycles. The van der Waals surface area contributed by atoms with Gasteiger partial charge in [0.15, 0.2) is 0 Å². The summed E-state index contributed by atoms with van der Waals surface area (Å²) in [6, 6.07) is 6.80. The number of ether oxygens (including phenoxy) is 1. The van der Waals surface area contributed by atoms with Gasteiger partial charge in [0, 0.05) is 11.4 Å². The number of carbonyl (C=O) groups excluding carboxylic acids is 1. The Bertz CT molecular complexity index is 517. The second-order valence-corrected chi connectivity index (χ2v) is 6.38. The third-order valence-electron chi connectivity index (χ3n) is 3.54. The Morgan fingerprint density at radius 1 is 1.38 bits per heavy atom. The highest BCUT2D eigenvalue weighted by atomic mass is 32.2. The molecule has 1 unspecified atom stereocenters. The number of benzene rings is 1. The summed E-state index contributed by atoms with van der Waals surface area (Å²) in [4.78, 5) is 26.0. The summed E-state index contributed by atoms with van der Waals surface area (Å²) < 4.78 is 5.09. The minimum absolute atomic E-state index is 0.110. The average Bonchev–Trinajstić information content (AvgIpc) is 2.96. The van der Waals surface area contributed by atoms with E-state index in [1.807, 2.05) is 31.2 Å². The minimum atomic E-state index is -0.914. The van der Waals surface area contributed by atoms with Crippen molar-refractivity contribution in [2.75, 3.05) is 13.7 Å². The Hall–Kier alpha value is -1.69. The summed E-state index contributed by atoms with van der Waals surface area (Å²) in [7, 11) is 1.60. The van der Waals surface area contributed by atoms with Crippen molar-refractivity contribution in [1.82, 2.24) is 4.90 Å². The van der Waals surface area contributed by atoms with Gasteiger partial charge in [0.05, 0.1) is 12.4 Å². The maximum absolute atomic E-state index is 12.4.